The molecule has 24 heavy (non-hydrogen) atoms. The summed E-state index contributed by atoms with van der Waals surface area (Å²) in [7, 11) is 0. The van der Waals surface area contributed by atoms with Crippen molar-refractivity contribution in [2.75, 3.05) is 13.2 Å². The maximum Gasteiger partial charge on any atom is 0.131 e. The molecule has 2 aromatic carbocycles. The Bertz CT molecular complexity index is 833. The van der Waals surface area contributed by atoms with Gasteiger partial charge in [0.1, 0.15) is 6.10 Å². The van der Waals surface area contributed by atoms with Gasteiger partial charge in [-0.1, -0.05) is 53.7 Å². The van der Waals surface area contributed by atoms with Gasteiger partial charge in [-0.15, -0.1) is 0 Å². The van der Waals surface area contributed by atoms with Gasteiger partial charge in [0.05, 0.1) is 25.1 Å². The van der Waals surface area contributed by atoms with Crippen molar-refractivity contribution in [1.29, 1.82) is 0 Å². The second-order valence-corrected chi connectivity index (χ2v) is 5.98. The van der Waals surface area contributed by atoms with E-state index in [-0.39, 0.29) is 6.10 Å². The number of para-hydroxylation sites is 1. The van der Waals surface area contributed by atoms with E-state index in [2.05, 4.69) is 34.4 Å². The highest BCUT2D eigenvalue weighted by atomic mass is 16.6. The minimum absolute atomic E-state index is 0.153. The van der Waals surface area contributed by atoms with Crippen molar-refractivity contribution in [3.05, 3.63) is 60.2 Å². The van der Waals surface area contributed by atoms with Crippen LogP contribution in [0.15, 0.2) is 59.8 Å². The summed E-state index contributed by atoms with van der Waals surface area (Å²) in [6.45, 7) is 1.51. The quantitative estimate of drug-likeness (QED) is 0.573. The van der Waals surface area contributed by atoms with Crippen LogP contribution in [0.4, 0.5) is 0 Å². The fourth-order valence-corrected chi connectivity index (χ4v) is 3.08. The first-order valence-corrected chi connectivity index (χ1v) is 8.35. The molecule has 1 N–H and O–H groups in total. The molecule has 3 aromatic rings. The number of fused-ring (bicyclic) bond motifs is 1. The maximum atomic E-state index is 5.67. The molecule has 4 rings (SSSR count). The number of hydrogen-bond acceptors (Lipinski definition) is 3. The van der Waals surface area contributed by atoms with Gasteiger partial charge in [0.15, 0.2) is 0 Å². The number of ether oxygens (including phenoxy) is 1. The predicted octanol–water partition coefficient (Wildman–Crippen LogP) is 4.36. The van der Waals surface area contributed by atoms with Crippen molar-refractivity contribution in [1.82, 2.24) is 4.98 Å². The van der Waals surface area contributed by atoms with Crippen LogP contribution in [0, 0.1) is 0 Å². The van der Waals surface area contributed by atoms with Crippen LogP contribution in [0.1, 0.15) is 18.4 Å². The number of benzene rings is 2. The fourth-order valence-electron chi connectivity index (χ4n) is 3.08. The summed E-state index contributed by atoms with van der Waals surface area (Å²) in [5, 5.41) is 5.42. The van der Waals surface area contributed by atoms with Crippen LogP contribution >= 0.6 is 0 Å². The molecule has 1 aliphatic rings. The smallest absolute Gasteiger partial charge is 0.131 e. The van der Waals surface area contributed by atoms with Crippen LogP contribution in [0.3, 0.4) is 0 Å². The molecule has 0 radical (unpaired) electrons. The predicted molar refractivity (Wildman–Crippen MR) is 96.3 cm³/mol. The highest BCUT2D eigenvalue weighted by Crippen LogP contribution is 2.29. The molecule has 4 nitrogen and oxygen atoms in total. The first kappa shape index (κ1) is 15.0. The number of rotatable bonds is 4. The zero-order valence-corrected chi connectivity index (χ0v) is 13.4. The number of aromatic nitrogens is 1. The average molecular weight is 320 g/mol. The summed E-state index contributed by atoms with van der Waals surface area (Å²) in [5.41, 5.74) is 4.37. The van der Waals surface area contributed by atoms with Gasteiger partial charge in [-0.3, -0.25) is 0 Å². The van der Waals surface area contributed by atoms with Crippen molar-refractivity contribution in [3.63, 3.8) is 0 Å². The number of hydrogen-bond donors (Lipinski definition) is 1. The summed E-state index contributed by atoms with van der Waals surface area (Å²) < 4.78 is 5.35. The molecular weight excluding hydrogens is 300 g/mol. The lowest BCUT2D eigenvalue weighted by atomic mass is 10.1. The first-order chi connectivity index (χ1) is 11.9. The third-order valence-corrected chi connectivity index (χ3v) is 4.37. The Hall–Kier alpha value is -2.59. The largest absolute Gasteiger partial charge is 0.392 e. The van der Waals surface area contributed by atoms with Gasteiger partial charge in [-0.25, -0.2) is 0 Å². The maximum absolute atomic E-state index is 5.67. The van der Waals surface area contributed by atoms with Gasteiger partial charge in [0.2, 0.25) is 0 Å². The molecule has 1 saturated heterocycles. The average Bonchev–Trinajstić information content (AvgIpc) is 3.02. The molecule has 1 fully saturated rings. The lowest BCUT2D eigenvalue weighted by Gasteiger charge is -2.19. The molecule has 122 valence electrons. The Morgan fingerprint density at radius 2 is 1.75 bits per heavy atom. The number of nitrogens with one attached hydrogen (secondary N) is 1. The van der Waals surface area contributed by atoms with E-state index >= 15 is 0 Å². The van der Waals surface area contributed by atoms with Crippen LogP contribution in [0.5, 0.6) is 0 Å². The summed E-state index contributed by atoms with van der Waals surface area (Å²) in [5.74, 6) is 0. The van der Waals surface area contributed by atoms with E-state index in [1.165, 1.54) is 0 Å². The van der Waals surface area contributed by atoms with Crippen molar-refractivity contribution in [2.24, 2.45) is 5.16 Å². The molecule has 0 amide bonds. The third kappa shape index (κ3) is 3.05. The van der Waals surface area contributed by atoms with E-state index in [1.54, 1.807) is 0 Å². The van der Waals surface area contributed by atoms with E-state index in [4.69, 9.17) is 9.57 Å². The molecule has 0 aliphatic carbocycles. The Kier molecular flexibility index (Phi) is 4.30. The molecular formula is C20H20N2O2. The van der Waals surface area contributed by atoms with Crippen molar-refractivity contribution in [2.45, 2.75) is 18.9 Å². The van der Waals surface area contributed by atoms with E-state index in [0.29, 0.717) is 0 Å². The van der Waals surface area contributed by atoms with Gasteiger partial charge in [-0.2, -0.15) is 0 Å². The standard InChI is InChI=1S/C20H20N2O2/c1-2-6-15(7-3-1)20-18(17-8-4-5-9-19(17)22-20)14-21-24-16-10-12-23-13-11-16/h1-9,14,16,22H,10-13H2/b21-14+. The summed E-state index contributed by atoms with van der Waals surface area (Å²) in [6.07, 6.45) is 3.78. The minimum Gasteiger partial charge on any atom is -0.392 e. The van der Waals surface area contributed by atoms with Crippen molar-refractivity contribution < 1.29 is 9.57 Å². The number of H-pyrrole nitrogens is 1. The molecule has 1 aromatic heterocycles. The van der Waals surface area contributed by atoms with E-state index in [9.17, 15) is 0 Å². The summed E-state index contributed by atoms with van der Waals surface area (Å²) in [6, 6.07) is 18.6. The lowest BCUT2D eigenvalue weighted by Crippen LogP contribution is -2.21. The zero-order chi connectivity index (χ0) is 16.2. The van der Waals surface area contributed by atoms with Gasteiger partial charge in [0.25, 0.3) is 0 Å². The molecule has 1 aliphatic heterocycles. The molecule has 4 heteroatoms. The van der Waals surface area contributed by atoms with Crippen LogP contribution in [0.25, 0.3) is 22.2 Å². The SMILES string of the molecule is C(=N\OC1CCOCC1)/c1c(-c2ccccc2)[nH]c2ccccc12. The van der Waals surface area contributed by atoms with Gasteiger partial charge in [-0.05, 0) is 11.6 Å². The second kappa shape index (κ2) is 6.89. The lowest BCUT2D eigenvalue weighted by molar-refractivity contribution is -0.0293. The third-order valence-electron chi connectivity index (χ3n) is 4.37. The van der Waals surface area contributed by atoms with Crippen LogP contribution < -0.4 is 0 Å². The number of oxime groups is 1. The fraction of sp³-hybridized carbons (Fsp3) is 0.250. The van der Waals surface area contributed by atoms with Gasteiger partial charge >= 0.3 is 0 Å². The monoisotopic (exact) mass is 320 g/mol. The molecule has 0 spiro atoms. The minimum atomic E-state index is 0.153. The van der Waals surface area contributed by atoms with E-state index in [1.807, 2.05) is 36.5 Å². The van der Waals surface area contributed by atoms with Crippen LogP contribution in [-0.2, 0) is 9.57 Å². The normalized spacial score (nSPS) is 16.0. The Morgan fingerprint density at radius 3 is 2.58 bits per heavy atom. The highest BCUT2D eigenvalue weighted by molar-refractivity contribution is 6.05. The molecule has 0 unspecified atom stereocenters. The van der Waals surface area contributed by atoms with Crippen molar-refractivity contribution >= 4 is 17.1 Å². The highest BCUT2D eigenvalue weighted by Gasteiger charge is 2.15. The van der Waals surface area contributed by atoms with E-state index < -0.39 is 0 Å². The molecule has 2 heterocycles. The van der Waals surface area contributed by atoms with Gasteiger partial charge < -0.3 is 14.6 Å². The van der Waals surface area contributed by atoms with Crippen molar-refractivity contribution in [3.8, 4) is 11.3 Å². The summed E-state index contributed by atoms with van der Waals surface area (Å²) in [4.78, 5) is 9.17. The number of nitrogens with zero attached hydrogens (tertiary/aromatic N) is 1. The van der Waals surface area contributed by atoms with E-state index in [0.717, 1.165) is 53.8 Å². The Balaban J connectivity index is 1.67. The van der Waals surface area contributed by atoms with Crippen LogP contribution in [-0.4, -0.2) is 30.5 Å². The summed E-state index contributed by atoms with van der Waals surface area (Å²) >= 11 is 0. The zero-order valence-electron chi connectivity index (χ0n) is 13.4. The Labute approximate surface area is 141 Å². The molecule has 0 atom stereocenters. The van der Waals surface area contributed by atoms with Gasteiger partial charge in [0, 0.05) is 29.3 Å². The van der Waals surface area contributed by atoms with Crippen LogP contribution in [0.2, 0.25) is 0 Å². The molecule has 0 saturated carbocycles. The Morgan fingerprint density at radius 1 is 1.00 bits per heavy atom. The number of aromatic amines is 1. The molecule has 0 bridgehead atoms. The topological polar surface area (TPSA) is 46.6 Å². The second-order valence-electron chi connectivity index (χ2n) is 5.98. The first-order valence-electron chi connectivity index (χ1n) is 8.35.